The Hall–Kier alpha value is -1.86. The van der Waals surface area contributed by atoms with Crippen LogP contribution in [0.15, 0.2) is 35.6 Å². The van der Waals surface area contributed by atoms with Gasteiger partial charge in [-0.15, -0.1) is 0 Å². The lowest BCUT2D eigenvalue weighted by atomic mass is 10.1. The Morgan fingerprint density at radius 2 is 1.77 bits per heavy atom. The molecule has 1 aliphatic heterocycles. The Kier molecular flexibility index (Phi) is 7.81. The number of aryl methyl sites for hydroxylation is 1. The Labute approximate surface area is 188 Å². The normalized spacial score (nSPS) is 16.3. The van der Waals surface area contributed by atoms with Crippen LogP contribution in [0.25, 0.3) is 0 Å². The number of aromatic nitrogens is 2. The minimum atomic E-state index is -3.41. The molecule has 0 saturated carbocycles. The van der Waals surface area contributed by atoms with E-state index in [4.69, 9.17) is 0 Å². The third-order valence-electron chi connectivity index (χ3n) is 6.14. The molecule has 1 aliphatic rings. The molecular formula is C24H38N4O2S. The fourth-order valence-corrected chi connectivity index (χ4v) is 5.24. The molecule has 0 spiro atoms. The first-order valence-corrected chi connectivity index (χ1v) is 13.1. The van der Waals surface area contributed by atoms with Crippen molar-refractivity contribution < 1.29 is 8.42 Å². The first-order valence-electron chi connectivity index (χ1n) is 11.5. The van der Waals surface area contributed by atoms with Crippen molar-refractivity contribution >= 4 is 15.5 Å². The van der Waals surface area contributed by atoms with Crippen LogP contribution in [0.3, 0.4) is 0 Å². The molecule has 1 saturated heterocycles. The van der Waals surface area contributed by atoms with Gasteiger partial charge in [0, 0.05) is 45.0 Å². The van der Waals surface area contributed by atoms with Gasteiger partial charge in [-0.2, -0.15) is 0 Å². The van der Waals surface area contributed by atoms with Crippen LogP contribution in [-0.2, 0) is 22.9 Å². The van der Waals surface area contributed by atoms with Gasteiger partial charge in [0.25, 0.3) is 0 Å². The van der Waals surface area contributed by atoms with E-state index in [0.717, 1.165) is 51.3 Å². The second-order valence-electron chi connectivity index (χ2n) is 9.36. The van der Waals surface area contributed by atoms with Crippen molar-refractivity contribution in [3.8, 4) is 0 Å². The second kappa shape index (κ2) is 10.2. The van der Waals surface area contributed by atoms with E-state index >= 15 is 0 Å². The van der Waals surface area contributed by atoms with Gasteiger partial charge in [0.15, 0.2) is 0 Å². The van der Waals surface area contributed by atoms with Gasteiger partial charge < -0.3 is 9.47 Å². The van der Waals surface area contributed by atoms with E-state index in [2.05, 4.69) is 59.8 Å². The van der Waals surface area contributed by atoms with Crippen LogP contribution in [-0.4, -0.2) is 54.3 Å². The highest BCUT2D eigenvalue weighted by Gasteiger charge is 2.27. The first-order chi connectivity index (χ1) is 14.7. The number of rotatable bonds is 8. The van der Waals surface area contributed by atoms with Gasteiger partial charge in [-0.05, 0) is 51.2 Å². The maximum absolute atomic E-state index is 12.9. The van der Waals surface area contributed by atoms with Gasteiger partial charge >= 0.3 is 0 Å². The topological polar surface area (TPSA) is 58.4 Å². The van der Waals surface area contributed by atoms with Crippen LogP contribution in [0.1, 0.15) is 51.8 Å². The van der Waals surface area contributed by atoms with Gasteiger partial charge in [0.05, 0.1) is 17.1 Å². The number of nitrogens with zero attached hydrogens (tertiary/aromatic N) is 4. The predicted octanol–water partition coefficient (Wildman–Crippen LogP) is 4.13. The molecular weight excluding hydrogens is 408 g/mol. The molecule has 1 aromatic carbocycles. The van der Waals surface area contributed by atoms with Crippen LogP contribution in [0.4, 0.5) is 5.69 Å². The molecule has 2 heterocycles. The summed E-state index contributed by atoms with van der Waals surface area (Å²) in [6.07, 6.45) is 3.80. The van der Waals surface area contributed by atoms with E-state index in [9.17, 15) is 8.42 Å². The van der Waals surface area contributed by atoms with Gasteiger partial charge in [-0.1, -0.05) is 32.0 Å². The molecule has 0 N–H and O–H groups in total. The fraction of sp³-hybridized carbons (Fsp3) is 0.625. The summed E-state index contributed by atoms with van der Waals surface area (Å²) in [5.41, 5.74) is 3.63. The number of benzene rings is 1. The predicted molar refractivity (Wildman–Crippen MR) is 127 cm³/mol. The molecule has 0 aliphatic carbocycles. The van der Waals surface area contributed by atoms with Crippen molar-refractivity contribution in [3.63, 3.8) is 0 Å². The van der Waals surface area contributed by atoms with Gasteiger partial charge in [-0.3, -0.25) is 4.90 Å². The van der Waals surface area contributed by atoms with Crippen LogP contribution in [0.5, 0.6) is 0 Å². The summed E-state index contributed by atoms with van der Waals surface area (Å²) in [4.78, 5) is 9.30. The standard InChI is InChI=1S/C24H38N4O2S/c1-19(2)11-14-28-22(17-25-24(28)31(29,30)20(3)4)18-26-12-8-13-27(16-15-26)23-10-7-6-9-21(23)5/h6-7,9-10,17,19-20H,8,11-16,18H2,1-5H3. The van der Waals surface area contributed by atoms with Gasteiger partial charge in [0.2, 0.25) is 15.0 Å². The van der Waals surface area contributed by atoms with E-state index in [1.807, 2.05) is 4.57 Å². The summed E-state index contributed by atoms with van der Waals surface area (Å²) >= 11 is 0. The molecule has 1 fully saturated rings. The van der Waals surface area contributed by atoms with Crippen molar-refractivity contribution in [1.82, 2.24) is 14.5 Å². The maximum Gasteiger partial charge on any atom is 0.228 e. The number of hydrogen-bond donors (Lipinski definition) is 0. The van der Waals surface area contributed by atoms with E-state index in [-0.39, 0.29) is 5.16 Å². The van der Waals surface area contributed by atoms with Crippen LogP contribution in [0, 0.1) is 12.8 Å². The quantitative estimate of drug-likeness (QED) is 0.610. The molecule has 172 valence electrons. The van der Waals surface area contributed by atoms with Crippen LogP contribution >= 0.6 is 0 Å². The fourth-order valence-electron chi connectivity index (χ4n) is 4.10. The molecule has 2 aromatic rings. The summed E-state index contributed by atoms with van der Waals surface area (Å²) in [5.74, 6) is 0.505. The largest absolute Gasteiger partial charge is 0.370 e. The average Bonchev–Trinajstić information content (AvgIpc) is 2.97. The van der Waals surface area contributed by atoms with E-state index < -0.39 is 15.1 Å². The minimum Gasteiger partial charge on any atom is -0.370 e. The smallest absolute Gasteiger partial charge is 0.228 e. The third-order valence-corrected chi connectivity index (χ3v) is 8.21. The Bertz CT molecular complexity index is 966. The Morgan fingerprint density at radius 3 is 2.45 bits per heavy atom. The highest BCUT2D eigenvalue weighted by atomic mass is 32.2. The van der Waals surface area contributed by atoms with Crippen LogP contribution in [0.2, 0.25) is 0 Å². The maximum atomic E-state index is 12.9. The van der Waals surface area contributed by atoms with E-state index in [1.165, 1.54) is 11.3 Å². The number of hydrogen-bond acceptors (Lipinski definition) is 5. The number of sulfone groups is 1. The van der Waals surface area contributed by atoms with E-state index in [1.54, 1.807) is 20.0 Å². The van der Waals surface area contributed by atoms with Crippen LogP contribution < -0.4 is 4.90 Å². The lowest BCUT2D eigenvalue weighted by Crippen LogP contribution is -2.31. The summed E-state index contributed by atoms with van der Waals surface area (Å²) in [5, 5.41) is -0.240. The SMILES string of the molecule is Cc1ccccc1N1CCCN(Cc2cnc(S(=O)(=O)C(C)C)n2CCC(C)C)CC1. The van der Waals surface area contributed by atoms with Gasteiger partial charge in [-0.25, -0.2) is 13.4 Å². The lowest BCUT2D eigenvalue weighted by Gasteiger charge is -2.25. The summed E-state index contributed by atoms with van der Waals surface area (Å²) in [7, 11) is -3.41. The summed E-state index contributed by atoms with van der Waals surface area (Å²) < 4.78 is 27.7. The summed E-state index contributed by atoms with van der Waals surface area (Å²) in [6.45, 7) is 15.4. The van der Waals surface area contributed by atoms with Crippen molar-refractivity contribution in [2.24, 2.45) is 5.92 Å². The minimum absolute atomic E-state index is 0.231. The molecule has 1 aromatic heterocycles. The molecule has 0 radical (unpaired) electrons. The van der Waals surface area contributed by atoms with E-state index in [0.29, 0.717) is 12.5 Å². The molecule has 0 atom stereocenters. The average molecular weight is 447 g/mol. The highest BCUT2D eigenvalue weighted by Crippen LogP contribution is 2.23. The zero-order valence-electron chi connectivity index (χ0n) is 19.7. The van der Waals surface area contributed by atoms with Crippen molar-refractivity contribution in [2.45, 2.75) is 71.0 Å². The third kappa shape index (κ3) is 5.69. The molecule has 6 nitrogen and oxygen atoms in total. The van der Waals surface area contributed by atoms with Gasteiger partial charge in [0.1, 0.15) is 0 Å². The molecule has 0 unspecified atom stereocenters. The Balaban J connectivity index is 1.77. The second-order valence-corrected chi connectivity index (χ2v) is 11.8. The Morgan fingerprint density at radius 1 is 1.03 bits per heavy atom. The lowest BCUT2D eigenvalue weighted by molar-refractivity contribution is 0.275. The molecule has 7 heteroatoms. The monoisotopic (exact) mass is 446 g/mol. The number of para-hydroxylation sites is 1. The molecule has 0 amide bonds. The summed E-state index contributed by atoms with van der Waals surface area (Å²) in [6, 6.07) is 8.57. The van der Waals surface area contributed by atoms with Crippen molar-refractivity contribution in [1.29, 1.82) is 0 Å². The zero-order chi connectivity index (χ0) is 22.6. The molecule has 3 rings (SSSR count). The molecule has 0 bridgehead atoms. The number of imidazole rings is 1. The van der Waals surface area contributed by atoms with Crippen molar-refractivity contribution in [2.75, 3.05) is 31.1 Å². The highest BCUT2D eigenvalue weighted by molar-refractivity contribution is 7.91. The first kappa shape index (κ1) is 23.8. The molecule has 31 heavy (non-hydrogen) atoms. The van der Waals surface area contributed by atoms with Crippen molar-refractivity contribution in [3.05, 3.63) is 41.7 Å². The zero-order valence-corrected chi connectivity index (χ0v) is 20.5. The number of anilines is 1.